The zero-order valence-electron chi connectivity index (χ0n) is 11.6. The predicted octanol–water partition coefficient (Wildman–Crippen LogP) is 4.87. The molecule has 1 aliphatic rings. The maximum absolute atomic E-state index is 14.4. The Labute approximate surface area is 144 Å². The van der Waals surface area contributed by atoms with Gasteiger partial charge in [0, 0.05) is 17.1 Å². The summed E-state index contributed by atoms with van der Waals surface area (Å²) in [7, 11) is 0. The van der Waals surface area contributed by atoms with Crippen LogP contribution in [0.25, 0.3) is 11.1 Å². The van der Waals surface area contributed by atoms with E-state index in [0.29, 0.717) is 33.5 Å². The van der Waals surface area contributed by atoms with E-state index < -0.39 is 0 Å². The molecule has 0 saturated carbocycles. The lowest BCUT2D eigenvalue weighted by Crippen LogP contribution is -2.30. The maximum atomic E-state index is 14.4. The average Bonchev–Trinajstić information content (AvgIpc) is 2.48. The molecule has 2 aromatic rings. The summed E-state index contributed by atoms with van der Waals surface area (Å²) in [5.74, 6) is 0.177. The zero-order chi connectivity index (χ0) is 15.0. The third-order valence-corrected chi connectivity index (χ3v) is 4.22. The Bertz CT molecular complexity index is 693. The van der Waals surface area contributed by atoms with Gasteiger partial charge in [-0.3, -0.25) is 0 Å². The van der Waals surface area contributed by atoms with Crippen LogP contribution in [-0.2, 0) is 6.42 Å². The summed E-state index contributed by atoms with van der Waals surface area (Å²) < 4.78 is 20.2. The van der Waals surface area contributed by atoms with E-state index in [4.69, 9.17) is 33.7 Å². The van der Waals surface area contributed by atoms with Gasteiger partial charge < -0.3 is 10.5 Å². The van der Waals surface area contributed by atoms with Gasteiger partial charge in [-0.15, -0.1) is 12.4 Å². The van der Waals surface area contributed by atoms with Gasteiger partial charge in [0.1, 0.15) is 17.7 Å². The van der Waals surface area contributed by atoms with E-state index in [0.717, 1.165) is 18.4 Å². The van der Waals surface area contributed by atoms with E-state index in [9.17, 15) is 4.39 Å². The van der Waals surface area contributed by atoms with Gasteiger partial charge in [-0.25, -0.2) is 4.39 Å². The minimum Gasteiger partial charge on any atom is -0.488 e. The molecule has 1 atom stereocenters. The Morgan fingerprint density at radius 1 is 1.23 bits per heavy atom. The first-order valence-corrected chi connectivity index (χ1v) is 7.49. The number of rotatable bonds is 2. The van der Waals surface area contributed by atoms with Crippen molar-refractivity contribution in [3.63, 3.8) is 0 Å². The summed E-state index contributed by atoms with van der Waals surface area (Å²) in [6, 6.07) is 8.19. The zero-order valence-corrected chi connectivity index (χ0v) is 13.9. The van der Waals surface area contributed by atoms with Crippen molar-refractivity contribution in [2.75, 3.05) is 6.54 Å². The number of nitrogens with two attached hydrogens (primary N) is 1. The highest BCUT2D eigenvalue weighted by molar-refractivity contribution is 6.36. The molecule has 22 heavy (non-hydrogen) atoms. The average molecular weight is 363 g/mol. The van der Waals surface area contributed by atoms with E-state index in [1.165, 1.54) is 6.07 Å². The fraction of sp³-hybridized carbons (Fsp3) is 0.250. The summed E-state index contributed by atoms with van der Waals surface area (Å²) in [5.41, 5.74) is 7.61. The van der Waals surface area contributed by atoms with Crippen molar-refractivity contribution >= 4 is 35.6 Å². The molecule has 0 amide bonds. The molecule has 1 heterocycles. The Balaban J connectivity index is 0.00000176. The Kier molecular flexibility index (Phi) is 5.56. The molecule has 6 heteroatoms. The van der Waals surface area contributed by atoms with Crippen LogP contribution in [0.15, 0.2) is 30.3 Å². The van der Waals surface area contributed by atoms with Gasteiger partial charge in [-0.2, -0.15) is 0 Å². The van der Waals surface area contributed by atoms with Gasteiger partial charge in [-0.1, -0.05) is 35.3 Å². The van der Waals surface area contributed by atoms with Gasteiger partial charge in [0.15, 0.2) is 0 Å². The first-order valence-electron chi connectivity index (χ1n) is 6.73. The van der Waals surface area contributed by atoms with Gasteiger partial charge in [-0.05, 0) is 36.6 Å². The topological polar surface area (TPSA) is 35.2 Å². The van der Waals surface area contributed by atoms with E-state index in [1.54, 1.807) is 24.3 Å². The summed E-state index contributed by atoms with van der Waals surface area (Å²) in [4.78, 5) is 0. The predicted molar refractivity (Wildman–Crippen MR) is 90.9 cm³/mol. The molecule has 2 N–H and O–H groups in total. The smallest absolute Gasteiger partial charge is 0.134 e. The van der Waals surface area contributed by atoms with Crippen molar-refractivity contribution in [3.8, 4) is 16.9 Å². The Hall–Kier alpha value is -1.00. The number of ether oxygens (including phenoxy) is 1. The molecular weight excluding hydrogens is 348 g/mol. The molecule has 0 fully saturated rings. The number of halogens is 4. The van der Waals surface area contributed by atoms with Crippen LogP contribution >= 0.6 is 35.6 Å². The molecule has 0 bridgehead atoms. The molecular formula is C16H15Cl3FNO. The molecule has 3 rings (SSSR count). The second kappa shape index (κ2) is 7.05. The van der Waals surface area contributed by atoms with E-state index >= 15 is 0 Å². The third kappa shape index (κ3) is 3.18. The van der Waals surface area contributed by atoms with Gasteiger partial charge in [0.2, 0.25) is 0 Å². The monoisotopic (exact) mass is 361 g/mol. The lowest BCUT2D eigenvalue weighted by molar-refractivity contribution is 0.181. The molecule has 0 unspecified atom stereocenters. The van der Waals surface area contributed by atoms with Gasteiger partial charge in [0.25, 0.3) is 0 Å². The molecule has 1 aliphatic heterocycles. The summed E-state index contributed by atoms with van der Waals surface area (Å²) >= 11 is 12.1. The molecule has 0 aliphatic carbocycles. The number of fused-ring (bicyclic) bond motifs is 1. The molecule has 0 saturated heterocycles. The molecule has 2 nitrogen and oxygen atoms in total. The Morgan fingerprint density at radius 2 is 2.00 bits per heavy atom. The number of aryl methyl sites for hydroxylation is 1. The quantitative estimate of drug-likeness (QED) is 0.827. The normalized spacial score (nSPS) is 16.5. The highest BCUT2D eigenvalue weighted by Crippen LogP contribution is 2.42. The minimum absolute atomic E-state index is 0. The molecule has 2 aromatic carbocycles. The lowest BCUT2D eigenvalue weighted by atomic mass is 9.95. The SMILES string of the molecule is Cl.NC[C@H]1CCc2ccc(F)c(-c3ccc(Cl)cc3Cl)c2O1. The minimum atomic E-state index is -0.365. The van der Waals surface area contributed by atoms with E-state index in [1.807, 2.05) is 0 Å². The van der Waals surface area contributed by atoms with Crippen LogP contribution in [0.4, 0.5) is 4.39 Å². The van der Waals surface area contributed by atoms with Crippen molar-refractivity contribution in [2.45, 2.75) is 18.9 Å². The summed E-state index contributed by atoms with van der Waals surface area (Å²) in [6.07, 6.45) is 1.56. The van der Waals surface area contributed by atoms with Gasteiger partial charge >= 0.3 is 0 Å². The largest absolute Gasteiger partial charge is 0.488 e. The van der Waals surface area contributed by atoms with Crippen molar-refractivity contribution in [2.24, 2.45) is 5.73 Å². The van der Waals surface area contributed by atoms with Crippen LogP contribution in [0.3, 0.4) is 0 Å². The van der Waals surface area contributed by atoms with Crippen molar-refractivity contribution < 1.29 is 9.13 Å². The lowest BCUT2D eigenvalue weighted by Gasteiger charge is -2.27. The maximum Gasteiger partial charge on any atom is 0.134 e. The first-order chi connectivity index (χ1) is 10.1. The summed E-state index contributed by atoms with van der Waals surface area (Å²) in [5, 5.41) is 0.906. The fourth-order valence-electron chi connectivity index (χ4n) is 2.58. The standard InChI is InChI=1S/C16H14Cl2FNO.ClH/c17-10-3-5-12(13(18)7-10)15-14(19)6-2-9-1-4-11(8-20)21-16(9)15;/h2-3,5-7,11H,1,4,8,20H2;1H/t11-;/m1./s1. The fourth-order valence-corrected chi connectivity index (χ4v) is 3.09. The Morgan fingerprint density at radius 3 is 2.68 bits per heavy atom. The third-order valence-electron chi connectivity index (χ3n) is 3.67. The second-order valence-corrected chi connectivity index (χ2v) is 5.89. The highest BCUT2D eigenvalue weighted by Gasteiger charge is 2.25. The summed E-state index contributed by atoms with van der Waals surface area (Å²) in [6.45, 7) is 0.406. The second-order valence-electron chi connectivity index (χ2n) is 5.05. The van der Waals surface area contributed by atoms with Gasteiger partial charge in [0.05, 0.1) is 10.6 Å². The molecule has 0 aromatic heterocycles. The number of benzene rings is 2. The van der Waals surface area contributed by atoms with Crippen LogP contribution in [0.2, 0.25) is 10.0 Å². The highest BCUT2D eigenvalue weighted by atomic mass is 35.5. The first kappa shape index (κ1) is 17.4. The molecule has 0 radical (unpaired) electrons. The van der Waals surface area contributed by atoms with Crippen molar-refractivity contribution in [3.05, 3.63) is 51.8 Å². The number of hydrogen-bond acceptors (Lipinski definition) is 2. The van der Waals surface area contributed by atoms with Crippen molar-refractivity contribution in [1.29, 1.82) is 0 Å². The van der Waals surface area contributed by atoms with Crippen LogP contribution < -0.4 is 10.5 Å². The van der Waals surface area contributed by atoms with E-state index in [-0.39, 0.29) is 24.3 Å². The van der Waals surface area contributed by atoms with Crippen LogP contribution in [0.5, 0.6) is 5.75 Å². The van der Waals surface area contributed by atoms with Crippen LogP contribution in [-0.4, -0.2) is 12.6 Å². The van der Waals surface area contributed by atoms with E-state index in [2.05, 4.69) is 0 Å². The van der Waals surface area contributed by atoms with Crippen LogP contribution in [0, 0.1) is 5.82 Å². The molecule has 0 spiro atoms. The van der Waals surface area contributed by atoms with Crippen molar-refractivity contribution in [1.82, 2.24) is 0 Å². The molecule has 118 valence electrons. The van der Waals surface area contributed by atoms with Crippen LogP contribution in [0.1, 0.15) is 12.0 Å². The number of hydrogen-bond donors (Lipinski definition) is 1.